The van der Waals surface area contributed by atoms with Crippen molar-refractivity contribution in [2.24, 2.45) is 4.99 Å². The van der Waals surface area contributed by atoms with Crippen LogP contribution in [0.15, 0.2) is 23.3 Å². The second kappa shape index (κ2) is 3.71. The van der Waals surface area contributed by atoms with E-state index in [1.54, 1.807) is 6.20 Å². The molecule has 3 nitrogen and oxygen atoms in total. The molecule has 1 rings (SSSR count). The van der Waals surface area contributed by atoms with Crippen LogP contribution in [0.1, 0.15) is 6.92 Å². The average molecular weight is 149 g/mol. The smallest absolute Gasteiger partial charge is 0.151 e. The monoisotopic (exact) mass is 149 g/mol. The van der Waals surface area contributed by atoms with Gasteiger partial charge >= 0.3 is 0 Å². The van der Waals surface area contributed by atoms with E-state index in [-0.39, 0.29) is 0 Å². The minimum atomic E-state index is 0.796. The molecule has 0 aliphatic carbocycles. The minimum Gasteiger partial charge on any atom is -0.369 e. The molecule has 0 atom stereocenters. The number of hydrogen-bond acceptors (Lipinski definition) is 3. The standard InChI is InChI=1S/C8H11N3/c1-3-10-8-7(9-2)5-4-6-11-8/h4-6H,2-3H2,1H3,(H,10,11). The zero-order valence-corrected chi connectivity index (χ0v) is 6.54. The second-order valence-corrected chi connectivity index (χ2v) is 2.06. The number of hydrogen-bond donors (Lipinski definition) is 1. The van der Waals surface area contributed by atoms with Crippen LogP contribution in [0.5, 0.6) is 0 Å². The molecule has 0 aromatic carbocycles. The first-order chi connectivity index (χ1) is 5.38. The lowest BCUT2D eigenvalue weighted by Gasteiger charge is -2.03. The van der Waals surface area contributed by atoms with Gasteiger partial charge in [0.15, 0.2) is 5.82 Å². The molecule has 3 heteroatoms. The quantitative estimate of drug-likeness (QED) is 0.666. The lowest BCUT2D eigenvalue weighted by atomic mass is 10.4. The number of nitrogens with zero attached hydrogens (tertiary/aromatic N) is 2. The summed E-state index contributed by atoms with van der Waals surface area (Å²) in [6, 6.07) is 3.71. The Hall–Kier alpha value is -1.38. The Morgan fingerprint density at radius 3 is 3.18 bits per heavy atom. The highest BCUT2D eigenvalue weighted by molar-refractivity contribution is 5.62. The van der Waals surface area contributed by atoms with E-state index in [2.05, 4.69) is 22.0 Å². The third-order valence-corrected chi connectivity index (χ3v) is 1.30. The Balaban J connectivity index is 2.92. The Morgan fingerprint density at radius 2 is 2.55 bits per heavy atom. The average Bonchev–Trinajstić information content (AvgIpc) is 2.06. The molecule has 0 saturated carbocycles. The van der Waals surface area contributed by atoms with Crippen molar-refractivity contribution in [3.05, 3.63) is 18.3 Å². The molecular weight excluding hydrogens is 138 g/mol. The molecular formula is C8H11N3. The Labute approximate surface area is 66.2 Å². The number of rotatable bonds is 3. The van der Waals surface area contributed by atoms with Crippen molar-refractivity contribution >= 4 is 18.2 Å². The summed E-state index contributed by atoms with van der Waals surface area (Å²) in [5.41, 5.74) is 0.800. The van der Waals surface area contributed by atoms with Crippen molar-refractivity contribution in [2.75, 3.05) is 11.9 Å². The van der Waals surface area contributed by atoms with E-state index in [4.69, 9.17) is 0 Å². The van der Waals surface area contributed by atoms with Crippen molar-refractivity contribution in [1.29, 1.82) is 0 Å². The molecule has 0 unspecified atom stereocenters. The molecule has 0 aliphatic rings. The molecule has 58 valence electrons. The first-order valence-electron chi connectivity index (χ1n) is 3.54. The maximum atomic E-state index is 4.09. The maximum absolute atomic E-state index is 4.09. The summed E-state index contributed by atoms with van der Waals surface area (Å²) in [6.07, 6.45) is 1.73. The molecule has 1 aromatic heterocycles. The maximum Gasteiger partial charge on any atom is 0.151 e. The molecule has 1 heterocycles. The number of nitrogens with one attached hydrogen (secondary N) is 1. The van der Waals surface area contributed by atoms with Crippen LogP contribution < -0.4 is 5.32 Å². The molecule has 1 N–H and O–H groups in total. The van der Waals surface area contributed by atoms with E-state index in [1.165, 1.54) is 0 Å². The normalized spacial score (nSPS) is 9.18. The van der Waals surface area contributed by atoms with Gasteiger partial charge in [0.1, 0.15) is 5.69 Å². The summed E-state index contributed by atoms with van der Waals surface area (Å²) >= 11 is 0. The molecule has 1 aromatic rings. The Kier molecular flexibility index (Phi) is 2.60. The van der Waals surface area contributed by atoms with Gasteiger partial charge in [-0.05, 0) is 25.8 Å². The number of aliphatic imine (C=N–C) groups is 1. The van der Waals surface area contributed by atoms with Crippen LogP contribution in [0, 0.1) is 0 Å². The summed E-state index contributed by atoms with van der Waals surface area (Å²) in [7, 11) is 0. The van der Waals surface area contributed by atoms with Crippen LogP contribution in [-0.2, 0) is 0 Å². The summed E-state index contributed by atoms with van der Waals surface area (Å²) in [5, 5.41) is 3.08. The van der Waals surface area contributed by atoms with Gasteiger partial charge in [0, 0.05) is 12.7 Å². The van der Waals surface area contributed by atoms with E-state index in [0.717, 1.165) is 18.1 Å². The zero-order chi connectivity index (χ0) is 8.10. The van der Waals surface area contributed by atoms with Crippen LogP contribution in [0.4, 0.5) is 11.5 Å². The molecule has 11 heavy (non-hydrogen) atoms. The lowest BCUT2D eigenvalue weighted by Crippen LogP contribution is -1.98. The minimum absolute atomic E-state index is 0.796. The zero-order valence-electron chi connectivity index (χ0n) is 6.54. The number of pyridine rings is 1. The van der Waals surface area contributed by atoms with Crippen LogP contribution in [0.2, 0.25) is 0 Å². The molecule has 0 amide bonds. The first kappa shape index (κ1) is 7.72. The van der Waals surface area contributed by atoms with Gasteiger partial charge in [0.2, 0.25) is 0 Å². The summed E-state index contributed by atoms with van der Waals surface area (Å²) < 4.78 is 0. The van der Waals surface area contributed by atoms with Gasteiger partial charge in [-0.2, -0.15) is 0 Å². The van der Waals surface area contributed by atoms with Crippen LogP contribution in [0.3, 0.4) is 0 Å². The third kappa shape index (κ3) is 1.77. The van der Waals surface area contributed by atoms with Gasteiger partial charge in [-0.1, -0.05) is 0 Å². The topological polar surface area (TPSA) is 37.3 Å². The molecule has 0 saturated heterocycles. The van der Waals surface area contributed by atoms with E-state index < -0.39 is 0 Å². The van der Waals surface area contributed by atoms with Gasteiger partial charge in [-0.3, -0.25) is 4.99 Å². The molecule has 0 bridgehead atoms. The van der Waals surface area contributed by atoms with Crippen LogP contribution in [0.25, 0.3) is 0 Å². The van der Waals surface area contributed by atoms with Crippen molar-refractivity contribution in [1.82, 2.24) is 4.98 Å². The molecule has 0 spiro atoms. The van der Waals surface area contributed by atoms with Gasteiger partial charge in [-0.15, -0.1) is 0 Å². The van der Waals surface area contributed by atoms with Gasteiger partial charge in [-0.25, -0.2) is 4.98 Å². The Morgan fingerprint density at radius 1 is 1.73 bits per heavy atom. The van der Waals surface area contributed by atoms with Gasteiger partial charge in [0.05, 0.1) is 0 Å². The third-order valence-electron chi connectivity index (χ3n) is 1.30. The van der Waals surface area contributed by atoms with Crippen molar-refractivity contribution in [3.63, 3.8) is 0 Å². The van der Waals surface area contributed by atoms with Gasteiger partial charge < -0.3 is 5.32 Å². The highest BCUT2D eigenvalue weighted by atomic mass is 15.0. The highest BCUT2D eigenvalue weighted by Gasteiger charge is 1.96. The fraction of sp³-hybridized carbons (Fsp3) is 0.250. The predicted octanol–water partition coefficient (Wildman–Crippen LogP) is 1.85. The fourth-order valence-electron chi connectivity index (χ4n) is 0.828. The second-order valence-electron chi connectivity index (χ2n) is 2.06. The largest absolute Gasteiger partial charge is 0.369 e. The summed E-state index contributed by atoms with van der Waals surface area (Å²) in [5.74, 6) is 0.796. The van der Waals surface area contributed by atoms with Crippen molar-refractivity contribution in [3.8, 4) is 0 Å². The van der Waals surface area contributed by atoms with Crippen LogP contribution >= 0.6 is 0 Å². The SMILES string of the molecule is C=Nc1cccnc1NCC. The summed E-state index contributed by atoms with van der Waals surface area (Å²) in [6.45, 7) is 6.31. The predicted molar refractivity (Wildman–Crippen MR) is 47.6 cm³/mol. The van der Waals surface area contributed by atoms with E-state index >= 15 is 0 Å². The van der Waals surface area contributed by atoms with Crippen molar-refractivity contribution < 1.29 is 0 Å². The molecule has 0 fully saturated rings. The summed E-state index contributed by atoms with van der Waals surface area (Å²) in [4.78, 5) is 7.91. The molecule has 0 radical (unpaired) electrons. The van der Waals surface area contributed by atoms with Crippen molar-refractivity contribution in [2.45, 2.75) is 6.92 Å². The fourth-order valence-corrected chi connectivity index (χ4v) is 0.828. The highest BCUT2D eigenvalue weighted by Crippen LogP contribution is 2.19. The van der Waals surface area contributed by atoms with E-state index in [0.29, 0.717) is 0 Å². The first-order valence-corrected chi connectivity index (χ1v) is 3.54. The molecule has 0 aliphatic heterocycles. The van der Waals surface area contributed by atoms with Crippen LogP contribution in [-0.4, -0.2) is 18.2 Å². The van der Waals surface area contributed by atoms with E-state index in [1.807, 2.05) is 19.1 Å². The number of anilines is 1. The van der Waals surface area contributed by atoms with E-state index in [9.17, 15) is 0 Å². The van der Waals surface area contributed by atoms with Gasteiger partial charge in [0.25, 0.3) is 0 Å². The Bertz CT molecular complexity index is 245. The lowest BCUT2D eigenvalue weighted by molar-refractivity contribution is 1.16. The number of aromatic nitrogens is 1.